The Bertz CT molecular complexity index is 875. The van der Waals surface area contributed by atoms with Crippen molar-refractivity contribution in [2.75, 3.05) is 32.7 Å². The van der Waals surface area contributed by atoms with Gasteiger partial charge in [-0.3, -0.25) is 4.79 Å². The summed E-state index contributed by atoms with van der Waals surface area (Å²) in [5.74, 6) is 0.178. The molecule has 1 saturated heterocycles. The first-order valence-corrected chi connectivity index (χ1v) is 10.3. The number of aryl methyl sites for hydroxylation is 2. The van der Waals surface area contributed by atoms with Gasteiger partial charge in [0.05, 0.1) is 10.2 Å². The molecule has 0 bridgehead atoms. The van der Waals surface area contributed by atoms with E-state index in [0.717, 1.165) is 51.4 Å². The minimum Gasteiger partial charge on any atom is -0.335 e. The Morgan fingerprint density at radius 1 is 1.08 bits per heavy atom. The van der Waals surface area contributed by atoms with Crippen LogP contribution in [0.1, 0.15) is 23.0 Å². The molecule has 1 amide bonds. The second-order valence-corrected chi connectivity index (χ2v) is 7.76. The number of piperazine rings is 1. The van der Waals surface area contributed by atoms with Crippen LogP contribution in [0.3, 0.4) is 0 Å². The molecular formula is C21H25N3OS. The lowest BCUT2D eigenvalue weighted by Crippen LogP contribution is -2.48. The molecule has 1 aliphatic heterocycles. The Labute approximate surface area is 158 Å². The molecule has 2 aromatic heterocycles. The number of fused-ring (bicyclic) bond motifs is 1. The van der Waals surface area contributed by atoms with Crippen molar-refractivity contribution in [2.45, 2.75) is 19.9 Å². The van der Waals surface area contributed by atoms with Gasteiger partial charge in [0.1, 0.15) is 5.69 Å². The van der Waals surface area contributed by atoms with Crippen LogP contribution in [0.25, 0.3) is 10.2 Å². The minimum atomic E-state index is 0.178. The van der Waals surface area contributed by atoms with Crippen molar-refractivity contribution in [3.63, 3.8) is 0 Å². The summed E-state index contributed by atoms with van der Waals surface area (Å²) in [6.07, 6.45) is 0.935. The summed E-state index contributed by atoms with van der Waals surface area (Å²) in [4.78, 5) is 17.6. The Morgan fingerprint density at radius 3 is 2.58 bits per heavy atom. The van der Waals surface area contributed by atoms with Gasteiger partial charge in [-0.15, -0.1) is 11.3 Å². The number of aromatic nitrogens is 1. The number of carbonyl (C=O) groups excluding carboxylic acids is 1. The maximum Gasteiger partial charge on any atom is 0.270 e. The Kier molecular flexibility index (Phi) is 5.09. The van der Waals surface area contributed by atoms with E-state index in [0.29, 0.717) is 0 Å². The molecular weight excluding hydrogens is 342 g/mol. The number of hydrogen-bond donors (Lipinski definition) is 0. The van der Waals surface area contributed by atoms with E-state index in [1.807, 2.05) is 11.0 Å². The first-order valence-electron chi connectivity index (χ1n) is 9.38. The highest BCUT2D eigenvalue weighted by Gasteiger charge is 2.25. The van der Waals surface area contributed by atoms with E-state index in [4.69, 9.17) is 0 Å². The maximum absolute atomic E-state index is 13.2. The zero-order valence-corrected chi connectivity index (χ0v) is 16.0. The number of benzene rings is 1. The van der Waals surface area contributed by atoms with Gasteiger partial charge < -0.3 is 14.4 Å². The standard InChI is InChI=1S/C21H25N3OS/c1-2-22-11-13-23(14-12-22)21(25)19-16-20-18(9-15-26-20)24(19)10-8-17-6-4-3-5-7-17/h3-7,9,15-16H,2,8,10-14H2,1H3. The van der Waals surface area contributed by atoms with E-state index < -0.39 is 0 Å². The highest BCUT2D eigenvalue weighted by atomic mass is 32.1. The van der Waals surface area contributed by atoms with Gasteiger partial charge in [-0.25, -0.2) is 0 Å². The van der Waals surface area contributed by atoms with E-state index >= 15 is 0 Å². The fourth-order valence-corrected chi connectivity index (χ4v) is 4.53. The topological polar surface area (TPSA) is 28.5 Å². The highest BCUT2D eigenvalue weighted by molar-refractivity contribution is 7.17. The lowest BCUT2D eigenvalue weighted by molar-refractivity contribution is 0.0633. The van der Waals surface area contributed by atoms with E-state index in [1.165, 1.54) is 15.8 Å². The molecule has 0 spiro atoms. The van der Waals surface area contributed by atoms with Crippen molar-refractivity contribution in [2.24, 2.45) is 0 Å². The van der Waals surface area contributed by atoms with Gasteiger partial charge in [0.15, 0.2) is 0 Å². The van der Waals surface area contributed by atoms with Crippen LogP contribution in [0, 0.1) is 0 Å². The molecule has 0 radical (unpaired) electrons. The summed E-state index contributed by atoms with van der Waals surface area (Å²) in [5, 5.41) is 2.11. The summed E-state index contributed by atoms with van der Waals surface area (Å²) < 4.78 is 3.42. The van der Waals surface area contributed by atoms with Crippen molar-refractivity contribution in [3.05, 3.63) is 59.1 Å². The van der Waals surface area contributed by atoms with Crippen molar-refractivity contribution < 1.29 is 4.79 Å². The third-order valence-corrected chi connectivity index (χ3v) is 6.17. The van der Waals surface area contributed by atoms with Gasteiger partial charge in [0.25, 0.3) is 5.91 Å². The van der Waals surface area contributed by atoms with E-state index in [-0.39, 0.29) is 5.91 Å². The number of hydrogen-bond acceptors (Lipinski definition) is 3. The molecule has 1 aromatic carbocycles. The number of likely N-dealkylation sites (N-methyl/N-ethyl adjacent to an activating group) is 1. The van der Waals surface area contributed by atoms with E-state index in [1.54, 1.807) is 11.3 Å². The van der Waals surface area contributed by atoms with E-state index in [2.05, 4.69) is 58.2 Å². The molecule has 0 unspecified atom stereocenters. The van der Waals surface area contributed by atoms with Crippen molar-refractivity contribution in [1.29, 1.82) is 0 Å². The van der Waals surface area contributed by atoms with Crippen LogP contribution in [-0.2, 0) is 13.0 Å². The molecule has 26 heavy (non-hydrogen) atoms. The molecule has 3 aromatic rings. The molecule has 0 aliphatic carbocycles. The van der Waals surface area contributed by atoms with Crippen LogP contribution in [0.15, 0.2) is 47.8 Å². The van der Waals surface area contributed by atoms with E-state index in [9.17, 15) is 4.79 Å². The zero-order valence-electron chi connectivity index (χ0n) is 15.2. The molecule has 0 atom stereocenters. The monoisotopic (exact) mass is 367 g/mol. The molecule has 3 heterocycles. The molecule has 1 fully saturated rings. The molecule has 4 nitrogen and oxygen atoms in total. The molecule has 136 valence electrons. The number of rotatable bonds is 5. The van der Waals surface area contributed by atoms with Crippen LogP contribution < -0.4 is 0 Å². The van der Waals surface area contributed by atoms with Crippen LogP contribution in [-0.4, -0.2) is 53.0 Å². The molecule has 1 aliphatic rings. The average molecular weight is 368 g/mol. The lowest BCUT2D eigenvalue weighted by atomic mass is 10.1. The van der Waals surface area contributed by atoms with Crippen LogP contribution in [0.4, 0.5) is 0 Å². The van der Waals surface area contributed by atoms with Crippen LogP contribution in [0.2, 0.25) is 0 Å². The smallest absolute Gasteiger partial charge is 0.270 e. The van der Waals surface area contributed by atoms with Gasteiger partial charge >= 0.3 is 0 Å². The molecule has 0 N–H and O–H groups in total. The van der Waals surface area contributed by atoms with Crippen molar-refractivity contribution in [3.8, 4) is 0 Å². The average Bonchev–Trinajstić information content (AvgIpc) is 3.28. The predicted molar refractivity (Wildman–Crippen MR) is 108 cm³/mol. The number of nitrogens with zero attached hydrogens (tertiary/aromatic N) is 3. The largest absolute Gasteiger partial charge is 0.335 e. The molecule has 4 rings (SSSR count). The van der Waals surface area contributed by atoms with Gasteiger partial charge in [0.2, 0.25) is 0 Å². The Morgan fingerprint density at radius 2 is 1.85 bits per heavy atom. The Balaban J connectivity index is 1.56. The summed E-state index contributed by atoms with van der Waals surface area (Å²) in [7, 11) is 0. The summed E-state index contributed by atoms with van der Waals surface area (Å²) in [6, 6.07) is 14.7. The van der Waals surface area contributed by atoms with Crippen LogP contribution >= 0.6 is 11.3 Å². The highest BCUT2D eigenvalue weighted by Crippen LogP contribution is 2.27. The van der Waals surface area contributed by atoms with Gasteiger partial charge in [0, 0.05) is 32.7 Å². The summed E-state index contributed by atoms with van der Waals surface area (Å²) >= 11 is 1.71. The number of amides is 1. The first-order chi connectivity index (χ1) is 12.8. The normalized spacial score (nSPS) is 15.7. The zero-order chi connectivity index (χ0) is 17.9. The van der Waals surface area contributed by atoms with Gasteiger partial charge in [-0.2, -0.15) is 0 Å². The summed E-state index contributed by atoms with van der Waals surface area (Å²) in [6.45, 7) is 7.67. The number of thiophene rings is 1. The molecule has 0 saturated carbocycles. The second kappa shape index (κ2) is 7.64. The third kappa shape index (κ3) is 3.41. The quantitative estimate of drug-likeness (QED) is 0.687. The fraction of sp³-hybridized carbons (Fsp3) is 0.381. The third-order valence-electron chi connectivity index (χ3n) is 5.32. The lowest BCUT2D eigenvalue weighted by Gasteiger charge is -2.34. The number of carbonyl (C=O) groups is 1. The van der Waals surface area contributed by atoms with Gasteiger partial charge in [-0.05, 0) is 36.0 Å². The van der Waals surface area contributed by atoms with Crippen LogP contribution in [0.5, 0.6) is 0 Å². The van der Waals surface area contributed by atoms with Gasteiger partial charge in [-0.1, -0.05) is 37.3 Å². The predicted octanol–water partition coefficient (Wildman–Crippen LogP) is 3.72. The van der Waals surface area contributed by atoms with Crippen molar-refractivity contribution >= 4 is 27.5 Å². The van der Waals surface area contributed by atoms with Crippen molar-refractivity contribution in [1.82, 2.24) is 14.4 Å². The maximum atomic E-state index is 13.2. The minimum absolute atomic E-state index is 0.178. The molecule has 5 heteroatoms. The first kappa shape index (κ1) is 17.3. The second-order valence-electron chi connectivity index (χ2n) is 6.81. The SMILES string of the molecule is CCN1CCN(C(=O)c2cc3sccc3n2CCc2ccccc2)CC1. The fourth-order valence-electron chi connectivity index (χ4n) is 3.71. The Hall–Kier alpha value is -2.11. The summed E-state index contributed by atoms with van der Waals surface area (Å²) in [5.41, 5.74) is 3.33.